The molecule has 0 radical (unpaired) electrons. The van der Waals surface area contributed by atoms with Gasteiger partial charge >= 0.3 is 0 Å². The summed E-state index contributed by atoms with van der Waals surface area (Å²) in [6, 6.07) is 0.875. The van der Waals surface area contributed by atoms with Gasteiger partial charge in [0, 0.05) is 18.1 Å². The highest BCUT2D eigenvalue weighted by Gasteiger charge is 2.47. The summed E-state index contributed by atoms with van der Waals surface area (Å²) in [5, 5.41) is 0. The van der Waals surface area contributed by atoms with Gasteiger partial charge in [0.25, 0.3) is 0 Å². The minimum Gasteiger partial charge on any atom is -0.329 e. The molecular formula is C19H36N2. The second-order valence-electron chi connectivity index (χ2n) is 8.61. The fraction of sp³-hybridized carbons (Fsp3) is 1.00. The van der Waals surface area contributed by atoms with Crippen LogP contribution >= 0.6 is 0 Å². The molecule has 3 aliphatic rings. The lowest BCUT2D eigenvalue weighted by Gasteiger charge is -2.54. The van der Waals surface area contributed by atoms with Crippen LogP contribution in [-0.4, -0.2) is 29.6 Å². The van der Waals surface area contributed by atoms with Crippen LogP contribution in [-0.2, 0) is 0 Å². The van der Waals surface area contributed by atoms with Crippen molar-refractivity contribution < 1.29 is 0 Å². The quantitative estimate of drug-likeness (QED) is 0.842. The molecule has 0 spiro atoms. The lowest BCUT2D eigenvalue weighted by molar-refractivity contribution is -0.0326. The lowest BCUT2D eigenvalue weighted by Crippen LogP contribution is -2.62. The van der Waals surface area contributed by atoms with E-state index in [1.165, 1.54) is 70.8 Å². The van der Waals surface area contributed by atoms with Crippen molar-refractivity contribution in [3.05, 3.63) is 0 Å². The first kappa shape index (κ1) is 15.8. The molecule has 0 amide bonds. The van der Waals surface area contributed by atoms with Gasteiger partial charge in [0.1, 0.15) is 0 Å². The molecule has 3 fully saturated rings. The average molecular weight is 293 g/mol. The number of fused-ring (bicyclic) bond motifs is 1. The topological polar surface area (TPSA) is 29.3 Å². The maximum atomic E-state index is 6.40. The highest BCUT2D eigenvalue weighted by atomic mass is 15.3. The van der Waals surface area contributed by atoms with Gasteiger partial charge in [0.15, 0.2) is 0 Å². The molecule has 21 heavy (non-hydrogen) atoms. The number of nitrogens with two attached hydrogens (primary N) is 1. The van der Waals surface area contributed by atoms with Crippen molar-refractivity contribution in [2.45, 2.75) is 89.6 Å². The lowest BCUT2D eigenvalue weighted by atomic mass is 9.70. The van der Waals surface area contributed by atoms with Crippen LogP contribution in [0.1, 0.15) is 78.1 Å². The maximum Gasteiger partial charge on any atom is 0.0337 e. The Labute approximate surface area is 131 Å². The van der Waals surface area contributed by atoms with Gasteiger partial charge in [0.2, 0.25) is 0 Å². The number of rotatable bonds is 4. The van der Waals surface area contributed by atoms with Crippen molar-refractivity contribution in [2.24, 2.45) is 23.5 Å². The molecule has 3 rings (SSSR count). The second-order valence-corrected chi connectivity index (χ2v) is 8.61. The summed E-state index contributed by atoms with van der Waals surface area (Å²) in [7, 11) is 0. The third kappa shape index (κ3) is 3.17. The smallest absolute Gasteiger partial charge is 0.0337 e. The summed E-state index contributed by atoms with van der Waals surface area (Å²) in [5.41, 5.74) is 6.76. The zero-order chi connectivity index (χ0) is 14.9. The highest BCUT2D eigenvalue weighted by molar-refractivity contribution is 5.03. The van der Waals surface area contributed by atoms with Crippen molar-refractivity contribution in [3.63, 3.8) is 0 Å². The van der Waals surface area contributed by atoms with Crippen LogP contribution in [0.25, 0.3) is 0 Å². The van der Waals surface area contributed by atoms with Gasteiger partial charge in [0.05, 0.1) is 0 Å². The molecule has 1 aliphatic heterocycles. The molecule has 4 atom stereocenters. The molecule has 2 nitrogen and oxygen atoms in total. The molecule has 2 aliphatic carbocycles. The molecule has 1 saturated heterocycles. The Kier molecular flexibility index (Phi) is 4.95. The summed E-state index contributed by atoms with van der Waals surface area (Å²) in [6.45, 7) is 6.98. The number of likely N-dealkylation sites (tertiary alicyclic amines) is 1. The van der Waals surface area contributed by atoms with Crippen molar-refractivity contribution in [1.29, 1.82) is 0 Å². The Morgan fingerprint density at radius 2 is 1.90 bits per heavy atom. The largest absolute Gasteiger partial charge is 0.329 e. The second kappa shape index (κ2) is 6.58. The van der Waals surface area contributed by atoms with Gasteiger partial charge in [-0.1, -0.05) is 33.1 Å². The van der Waals surface area contributed by atoms with Crippen molar-refractivity contribution >= 4 is 0 Å². The minimum absolute atomic E-state index is 0.353. The van der Waals surface area contributed by atoms with Crippen LogP contribution in [0.3, 0.4) is 0 Å². The number of hydrogen-bond acceptors (Lipinski definition) is 2. The van der Waals surface area contributed by atoms with Crippen LogP contribution < -0.4 is 5.73 Å². The summed E-state index contributed by atoms with van der Waals surface area (Å²) in [5.74, 6) is 2.75. The Hall–Kier alpha value is -0.0800. The van der Waals surface area contributed by atoms with Crippen LogP contribution in [0.5, 0.6) is 0 Å². The Morgan fingerprint density at radius 3 is 2.67 bits per heavy atom. The third-order valence-corrected chi connectivity index (χ3v) is 6.71. The monoisotopic (exact) mass is 292 g/mol. The standard InChI is InChI=1S/C19H36N2/c1-15(2)12-16-6-4-10-19(13-16,14-20)21-11-5-8-17-7-3-9-18(17)21/h15-18H,3-14,20H2,1-2H3. The van der Waals surface area contributed by atoms with Crippen molar-refractivity contribution in [1.82, 2.24) is 4.90 Å². The first-order valence-electron chi connectivity index (χ1n) is 9.61. The van der Waals surface area contributed by atoms with E-state index in [1.807, 2.05) is 0 Å². The number of hydrogen-bond donors (Lipinski definition) is 1. The Balaban J connectivity index is 1.75. The van der Waals surface area contributed by atoms with Crippen LogP contribution in [0.15, 0.2) is 0 Å². The summed E-state index contributed by atoms with van der Waals surface area (Å²) < 4.78 is 0. The molecule has 0 bridgehead atoms. The molecule has 0 aromatic heterocycles. The van der Waals surface area contributed by atoms with Gasteiger partial charge < -0.3 is 5.73 Å². The predicted molar refractivity (Wildman–Crippen MR) is 90.3 cm³/mol. The fourth-order valence-corrected chi connectivity index (χ4v) is 5.94. The van der Waals surface area contributed by atoms with Gasteiger partial charge in [-0.2, -0.15) is 0 Å². The molecule has 1 heterocycles. The van der Waals surface area contributed by atoms with Crippen LogP contribution in [0.2, 0.25) is 0 Å². The predicted octanol–water partition coefficient (Wildman–Crippen LogP) is 4.18. The van der Waals surface area contributed by atoms with E-state index in [2.05, 4.69) is 18.7 Å². The Morgan fingerprint density at radius 1 is 1.10 bits per heavy atom. The zero-order valence-electron chi connectivity index (χ0n) is 14.3. The van der Waals surface area contributed by atoms with Crippen molar-refractivity contribution in [2.75, 3.05) is 13.1 Å². The van der Waals surface area contributed by atoms with Crippen molar-refractivity contribution in [3.8, 4) is 0 Å². The molecule has 0 aromatic carbocycles. The fourth-order valence-electron chi connectivity index (χ4n) is 5.94. The average Bonchev–Trinajstić information content (AvgIpc) is 2.95. The molecule has 2 saturated carbocycles. The van der Waals surface area contributed by atoms with Crippen LogP contribution in [0.4, 0.5) is 0 Å². The SMILES string of the molecule is CC(C)CC1CCCC(CN)(N2CCCC3CCCC32)C1. The normalized spacial score (nSPS) is 41.4. The zero-order valence-corrected chi connectivity index (χ0v) is 14.3. The number of nitrogens with zero attached hydrogens (tertiary/aromatic N) is 1. The van der Waals surface area contributed by atoms with E-state index in [9.17, 15) is 0 Å². The Bertz CT molecular complexity index is 340. The maximum absolute atomic E-state index is 6.40. The first-order chi connectivity index (χ1) is 10.1. The molecule has 4 unspecified atom stereocenters. The van der Waals surface area contributed by atoms with E-state index in [0.29, 0.717) is 5.54 Å². The molecule has 2 heteroatoms. The van der Waals surface area contributed by atoms with E-state index in [-0.39, 0.29) is 0 Å². The summed E-state index contributed by atoms with van der Waals surface area (Å²) in [4.78, 5) is 2.93. The van der Waals surface area contributed by atoms with Gasteiger partial charge in [-0.15, -0.1) is 0 Å². The van der Waals surface area contributed by atoms with E-state index < -0.39 is 0 Å². The van der Waals surface area contributed by atoms with E-state index in [1.54, 1.807) is 0 Å². The van der Waals surface area contributed by atoms with Crippen LogP contribution in [0, 0.1) is 17.8 Å². The molecule has 2 N–H and O–H groups in total. The summed E-state index contributed by atoms with van der Waals surface area (Å²) >= 11 is 0. The number of piperidine rings is 1. The van der Waals surface area contributed by atoms with Gasteiger partial charge in [-0.3, -0.25) is 4.90 Å². The molecular weight excluding hydrogens is 256 g/mol. The molecule has 122 valence electrons. The molecule has 0 aromatic rings. The van der Waals surface area contributed by atoms with E-state index in [4.69, 9.17) is 5.73 Å². The summed E-state index contributed by atoms with van der Waals surface area (Å²) in [6.07, 6.45) is 14.3. The van der Waals surface area contributed by atoms with E-state index in [0.717, 1.165) is 30.3 Å². The third-order valence-electron chi connectivity index (χ3n) is 6.71. The first-order valence-corrected chi connectivity index (χ1v) is 9.61. The minimum atomic E-state index is 0.353. The van der Waals surface area contributed by atoms with Gasteiger partial charge in [-0.05, 0) is 69.2 Å². The van der Waals surface area contributed by atoms with E-state index >= 15 is 0 Å². The highest BCUT2D eigenvalue weighted by Crippen LogP contribution is 2.46. The van der Waals surface area contributed by atoms with Gasteiger partial charge in [-0.25, -0.2) is 0 Å².